The van der Waals surface area contributed by atoms with E-state index in [-0.39, 0.29) is 16.5 Å². The van der Waals surface area contributed by atoms with Crippen molar-refractivity contribution in [2.75, 3.05) is 0 Å². The Bertz CT molecular complexity index is 1520. The molecule has 0 saturated carbocycles. The van der Waals surface area contributed by atoms with Crippen molar-refractivity contribution in [1.29, 1.82) is 0 Å². The summed E-state index contributed by atoms with van der Waals surface area (Å²) in [6.07, 6.45) is 3.73. The average Bonchev–Trinajstić information content (AvgIpc) is 3.62. The molecule has 0 fully saturated rings. The van der Waals surface area contributed by atoms with Crippen LogP contribution in [0.25, 0.3) is 45.0 Å². The van der Waals surface area contributed by atoms with Crippen LogP contribution < -0.4 is 0 Å². The van der Waals surface area contributed by atoms with Crippen LogP contribution in [0.2, 0.25) is 0 Å². The second kappa shape index (κ2) is 18.1. The second-order valence-corrected chi connectivity index (χ2v) is 8.72. The Kier molecular flexibility index (Phi) is 14.2. The standard InChI is InChI=1S/2C16H14N2.2HNO2.Ni/c2*1-18-12-17-15(13-8-4-2-5-9-13)16(18)14-10-6-3-7-11-14;2*2-1-3;/h2*2-12H,1H3;2*(H,2,3);/q;;;;+2/p-2. The molecule has 6 rings (SSSR count). The van der Waals surface area contributed by atoms with Crippen LogP contribution in [-0.4, -0.2) is 19.1 Å². The fourth-order valence-corrected chi connectivity index (χ4v) is 4.35. The summed E-state index contributed by atoms with van der Waals surface area (Å²) < 4.78 is 4.13. The van der Waals surface area contributed by atoms with Crippen LogP contribution in [0.3, 0.4) is 0 Å². The van der Waals surface area contributed by atoms with E-state index in [0.29, 0.717) is 0 Å². The van der Waals surface area contributed by atoms with Gasteiger partial charge in [0, 0.05) is 36.3 Å². The van der Waals surface area contributed by atoms with E-state index in [1.165, 1.54) is 11.1 Å². The van der Waals surface area contributed by atoms with Crippen LogP contribution >= 0.6 is 0 Å². The third-order valence-corrected chi connectivity index (χ3v) is 6.06. The number of aromatic nitrogens is 4. The molecule has 10 nitrogen and oxygen atoms in total. The van der Waals surface area contributed by atoms with Crippen LogP contribution in [-0.2, 0) is 30.6 Å². The van der Waals surface area contributed by atoms with Crippen molar-refractivity contribution >= 4 is 0 Å². The molecule has 43 heavy (non-hydrogen) atoms. The van der Waals surface area contributed by atoms with Crippen LogP contribution in [0.5, 0.6) is 0 Å². The van der Waals surface area contributed by atoms with Gasteiger partial charge in [0.15, 0.2) is 0 Å². The summed E-state index contributed by atoms with van der Waals surface area (Å²) in [6.45, 7) is 0. The van der Waals surface area contributed by atoms with Crippen molar-refractivity contribution in [3.05, 3.63) is 154 Å². The van der Waals surface area contributed by atoms with Crippen molar-refractivity contribution in [2.24, 2.45) is 24.8 Å². The molecule has 0 saturated heterocycles. The molecule has 0 unspecified atom stereocenters. The molecule has 0 aliphatic heterocycles. The SMILES string of the molecule is Cn1cnc(-c2ccccc2)c1-c1ccccc1.Cn1cnc(-c2ccccc2)c1-c1ccccc1.O=N[O-].O=N[O-].[Ni+2]. The van der Waals surface area contributed by atoms with E-state index in [0.717, 1.165) is 44.6 Å². The van der Waals surface area contributed by atoms with Crippen molar-refractivity contribution in [2.45, 2.75) is 0 Å². The van der Waals surface area contributed by atoms with Crippen molar-refractivity contribution in [1.82, 2.24) is 19.1 Å². The molecule has 0 bridgehead atoms. The quantitative estimate of drug-likeness (QED) is 0.111. The van der Waals surface area contributed by atoms with E-state index in [4.69, 9.17) is 20.2 Å². The Morgan fingerprint density at radius 1 is 0.488 bits per heavy atom. The molecular formula is C32H28N6NiO4. The maximum absolute atomic E-state index is 8.00. The molecule has 2 aromatic heterocycles. The fraction of sp³-hybridized carbons (Fsp3) is 0.0625. The minimum Gasteiger partial charge on any atom is -0.444 e. The fourth-order valence-electron chi connectivity index (χ4n) is 4.35. The first kappa shape index (κ1) is 33.8. The molecule has 0 aliphatic carbocycles. The first-order valence-corrected chi connectivity index (χ1v) is 12.7. The minimum absolute atomic E-state index is 0. The number of hydrogen-bond acceptors (Lipinski definition) is 8. The Balaban J connectivity index is 0.000000249. The van der Waals surface area contributed by atoms with Gasteiger partial charge >= 0.3 is 16.5 Å². The first-order chi connectivity index (χ1) is 20.5. The molecule has 0 amide bonds. The summed E-state index contributed by atoms with van der Waals surface area (Å²) in [6, 6.07) is 41.3. The van der Waals surface area contributed by atoms with E-state index >= 15 is 0 Å². The molecule has 2 heterocycles. The van der Waals surface area contributed by atoms with E-state index in [9.17, 15) is 0 Å². The molecule has 220 valence electrons. The Morgan fingerprint density at radius 2 is 0.721 bits per heavy atom. The van der Waals surface area contributed by atoms with E-state index < -0.39 is 0 Å². The predicted molar refractivity (Wildman–Crippen MR) is 166 cm³/mol. The molecule has 11 heteroatoms. The molecule has 0 atom stereocenters. The summed E-state index contributed by atoms with van der Waals surface area (Å²) >= 11 is 0. The Hall–Kier alpha value is -5.41. The van der Waals surface area contributed by atoms with Gasteiger partial charge in [-0.25, -0.2) is 9.97 Å². The molecular weight excluding hydrogens is 591 g/mol. The minimum atomic E-state index is 0. The zero-order valence-electron chi connectivity index (χ0n) is 23.3. The molecule has 0 spiro atoms. The van der Waals surface area contributed by atoms with Gasteiger partial charge in [-0.2, -0.15) is 0 Å². The van der Waals surface area contributed by atoms with E-state index in [1.807, 2.05) is 75.3 Å². The van der Waals surface area contributed by atoms with Crippen LogP contribution in [0.15, 0.2) is 145 Å². The van der Waals surface area contributed by atoms with Gasteiger partial charge in [0.1, 0.15) is 0 Å². The summed E-state index contributed by atoms with van der Waals surface area (Å²) in [7, 11) is 4.06. The number of benzene rings is 4. The van der Waals surface area contributed by atoms with Crippen molar-refractivity contribution < 1.29 is 16.5 Å². The monoisotopic (exact) mass is 618 g/mol. The van der Waals surface area contributed by atoms with E-state index in [2.05, 4.69) is 91.9 Å². The van der Waals surface area contributed by atoms with Gasteiger partial charge in [0.25, 0.3) is 0 Å². The smallest absolute Gasteiger partial charge is 0.444 e. The Morgan fingerprint density at radius 3 is 0.977 bits per heavy atom. The van der Waals surface area contributed by atoms with Gasteiger partial charge < -0.3 is 29.4 Å². The summed E-state index contributed by atoms with van der Waals surface area (Å²) in [5.74, 6) is 0. The normalized spacial score (nSPS) is 9.35. The topological polar surface area (TPSA) is 141 Å². The number of imidazole rings is 2. The zero-order chi connectivity index (χ0) is 30.2. The van der Waals surface area contributed by atoms with Gasteiger partial charge in [-0.05, 0) is 0 Å². The molecule has 4 aromatic carbocycles. The number of rotatable bonds is 4. The number of aryl methyl sites for hydroxylation is 2. The molecule has 0 aliphatic rings. The van der Waals surface area contributed by atoms with E-state index in [1.54, 1.807) is 0 Å². The third kappa shape index (κ3) is 9.31. The van der Waals surface area contributed by atoms with Gasteiger partial charge in [-0.15, -0.1) is 10.7 Å². The number of hydrogen-bond donors (Lipinski definition) is 0. The molecule has 6 aromatic rings. The predicted octanol–water partition coefficient (Wildman–Crippen LogP) is 8.01. The first-order valence-electron chi connectivity index (χ1n) is 12.7. The van der Waals surface area contributed by atoms with Crippen LogP contribution in [0.1, 0.15) is 0 Å². The summed E-state index contributed by atoms with van der Waals surface area (Å²) in [5, 5.41) is 18.0. The Labute approximate surface area is 259 Å². The van der Waals surface area contributed by atoms with Gasteiger partial charge in [0.2, 0.25) is 0 Å². The average molecular weight is 619 g/mol. The van der Waals surface area contributed by atoms with Crippen LogP contribution in [0, 0.1) is 20.2 Å². The van der Waals surface area contributed by atoms with Crippen LogP contribution in [0.4, 0.5) is 0 Å². The number of nitrogens with zero attached hydrogens (tertiary/aromatic N) is 6. The molecule has 0 N–H and O–H groups in total. The van der Waals surface area contributed by atoms with Gasteiger partial charge in [-0.1, -0.05) is 121 Å². The third-order valence-electron chi connectivity index (χ3n) is 6.06. The summed E-state index contributed by atoms with van der Waals surface area (Å²) in [4.78, 5) is 25.1. The maximum Gasteiger partial charge on any atom is 2.00 e. The largest absolute Gasteiger partial charge is 2.00 e. The molecule has 0 radical (unpaired) electrons. The van der Waals surface area contributed by atoms with Crippen molar-refractivity contribution in [3.63, 3.8) is 0 Å². The van der Waals surface area contributed by atoms with Crippen molar-refractivity contribution in [3.8, 4) is 45.0 Å². The van der Waals surface area contributed by atoms with Gasteiger partial charge in [0.05, 0.1) is 35.4 Å². The maximum atomic E-state index is 8.00. The van der Waals surface area contributed by atoms with Gasteiger partial charge in [-0.3, -0.25) is 0 Å². The summed E-state index contributed by atoms with van der Waals surface area (Å²) in [5.41, 5.74) is 9.05. The zero-order valence-corrected chi connectivity index (χ0v) is 24.3. The second-order valence-electron chi connectivity index (χ2n) is 8.72.